The minimum absolute atomic E-state index is 0.0120. The Hall–Kier alpha value is -1.26. The minimum atomic E-state index is -0.132. The lowest BCUT2D eigenvalue weighted by Crippen LogP contribution is -2.49. The van der Waals surface area contributed by atoms with Crippen molar-refractivity contribution in [2.24, 2.45) is 22.2 Å². The highest BCUT2D eigenvalue weighted by Gasteiger charge is 2.43. The van der Waals surface area contributed by atoms with Gasteiger partial charge in [0.25, 0.3) is 0 Å². The third-order valence-corrected chi connectivity index (χ3v) is 4.93. The second-order valence-electron chi connectivity index (χ2n) is 5.96. The number of carbonyl (C=O) groups is 1. The van der Waals surface area contributed by atoms with Crippen LogP contribution in [0.25, 0.3) is 0 Å². The van der Waals surface area contributed by atoms with Crippen LogP contribution in [0.3, 0.4) is 0 Å². The van der Waals surface area contributed by atoms with Crippen molar-refractivity contribution in [1.82, 2.24) is 4.90 Å². The van der Waals surface area contributed by atoms with E-state index in [1.807, 2.05) is 4.90 Å². The van der Waals surface area contributed by atoms with E-state index in [9.17, 15) is 4.79 Å². The van der Waals surface area contributed by atoms with Crippen LogP contribution in [0, 0.1) is 11.3 Å². The zero-order chi connectivity index (χ0) is 13.9. The first-order chi connectivity index (χ1) is 9.13. The summed E-state index contributed by atoms with van der Waals surface area (Å²) < 4.78 is 0. The Balaban J connectivity index is 2.06. The number of nitrogens with zero attached hydrogens (tertiary/aromatic N) is 2. The van der Waals surface area contributed by atoms with Crippen LogP contribution < -0.4 is 5.73 Å². The van der Waals surface area contributed by atoms with Crippen molar-refractivity contribution in [3.05, 3.63) is 0 Å². The molecule has 2 aliphatic rings. The molecule has 0 aromatic heterocycles. The number of likely N-dealkylation sites (tertiary alicyclic amines) is 1. The van der Waals surface area contributed by atoms with E-state index in [0.717, 1.165) is 51.5 Å². The molecule has 19 heavy (non-hydrogen) atoms. The molecular weight excluding hydrogens is 242 g/mol. The Bertz CT molecular complexity index is 362. The Labute approximate surface area is 114 Å². The molecule has 1 heterocycles. The lowest BCUT2D eigenvalue weighted by Gasteiger charge is -2.38. The number of amides is 1. The van der Waals surface area contributed by atoms with Gasteiger partial charge in [-0.2, -0.15) is 0 Å². The summed E-state index contributed by atoms with van der Waals surface area (Å²) in [4.78, 5) is 14.7. The third kappa shape index (κ3) is 2.69. The maximum absolute atomic E-state index is 12.8. The van der Waals surface area contributed by atoms with E-state index in [4.69, 9.17) is 10.9 Å². The molecule has 1 aliphatic carbocycles. The molecule has 1 saturated heterocycles. The first-order valence-corrected chi connectivity index (χ1v) is 7.40. The van der Waals surface area contributed by atoms with Gasteiger partial charge < -0.3 is 15.8 Å². The molecular formula is C14H25N3O2. The van der Waals surface area contributed by atoms with Crippen molar-refractivity contribution in [2.75, 3.05) is 13.1 Å². The number of piperidine rings is 1. The maximum Gasteiger partial charge on any atom is 0.228 e. The van der Waals surface area contributed by atoms with Gasteiger partial charge in [-0.25, -0.2) is 0 Å². The van der Waals surface area contributed by atoms with Crippen molar-refractivity contribution in [3.63, 3.8) is 0 Å². The zero-order valence-electron chi connectivity index (χ0n) is 11.8. The topological polar surface area (TPSA) is 78.9 Å². The molecule has 108 valence electrons. The molecule has 0 spiro atoms. The number of hydrogen-bond donors (Lipinski definition) is 2. The molecule has 3 N–H and O–H groups in total. The molecule has 0 aromatic rings. The van der Waals surface area contributed by atoms with E-state index >= 15 is 0 Å². The van der Waals surface area contributed by atoms with E-state index in [-0.39, 0.29) is 17.2 Å². The number of nitrogens with two attached hydrogens (primary N) is 1. The summed E-state index contributed by atoms with van der Waals surface area (Å²) in [6, 6.07) is 0. The van der Waals surface area contributed by atoms with E-state index in [0.29, 0.717) is 12.5 Å². The predicted molar refractivity (Wildman–Crippen MR) is 73.9 cm³/mol. The van der Waals surface area contributed by atoms with E-state index < -0.39 is 0 Å². The number of hydrogen-bond acceptors (Lipinski definition) is 3. The molecule has 2 rings (SSSR count). The van der Waals surface area contributed by atoms with Gasteiger partial charge in [0.05, 0.1) is 0 Å². The Morgan fingerprint density at radius 2 is 2.11 bits per heavy atom. The average Bonchev–Trinajstić information content (AvgIpc) is 2.96. The highest BCUT2D eigenvalue weighted by atomic mass is 16.4. The molecule has 0 bridgehead atoms. The molecule has 1 saturated carbocycles. The maximum atomic E-state index is 12.8. The first kappa shape index (κ1) is 14.2. The van der Waals surface area contributed by atoms with Crippen LogP contribution in [0.2, 0.25) is 0 Å². The standard InChI is InChI=1S/C14H25N3O2/c1-2-14(7-3-4-8-14)13(18)17-9-5-6-11(10-17)12(15)16-19/h11,19H,2-10H2,1H3,(H2,15,16). The number of carbonyl (C=O) groups excluding carboxylic acids is 1. The van der Waals surface area contributed by atoms with Gasteiger partial charge in [0.2, 0.25) is 5.91 Å². The van der Waals surface area contributed by atoms with Gasteiger partial charge in [-0.1, -0.05) is 24.9 Å². The van der Waals surface area contributed by atoms with Crippen LogP contribution >= 0.6 is 0 Å². The van der Waals surface area contributed by atoms with Crippen LogP contribution in [0.1, 0.15) is 51.9 Å². The fraction of sp³-hybridized carbons (Fsp3) is 0.857. The SMILES string of the molecule is CCC1(C(=O)N2CCCC(C(N)=NO)C2)CCCC1. The Morgan fingerprint density at radius 1 is 1.42 bits per heavy atom. The third-order valence-electron chi connectivity index (χ3n) is 4.93. The monoisotopic (exact) mass is 267 g/mol. The fourth-order valence-electron chi connectivity index (χ4n) is 3.59. The van der Waals surface area contributed by atoms with Gasteiger partial charge in [0.1, 0.15) is 5.84 Å². The average molecular weight is 267 g/mol. The van der Waals surface area contributed by atoms with Gasteiger partial charge in [-0.15, -0.1) is 0 Å². The highest BCUT2D eigenvalue weighted by molar-refractivity contribution is 5.86. The second-order valence-corrected chi connectivity index (χ2v) is 5.96. The summed E-state index contributed by atoms with van der Waals surface area (Å²) in [5.41, 5.74) is 5.56. The van der Waals surface area contributed by atoms with Gasteiger partial charge in [-0.3, -0.25) is 4.79 Å². The largest absolute Gasteiger partial charge is 0.409 e. The quantitative estimate of drug-likeness (QED) is 0.355. The van der Waals surface area contributed by atoms with E-state index in [1.54, 1.807) is 0 Å². The van der Waals surface area contributed by atoms with Gasteiger partial charge >= 0.3 is 0 Å². The van der Waals surface area contributed by atoms with Gasteiger partial charge in [0.15, 0.2) is 0 Å². The normalized spacial score (nSPS) is 27.5. The van der Waals surface area contributed by atoms with Crippen molar-refractivity contribution in [2.45, 2.75) is 51.9 Å². The van der Waals surface area contributed by atoms with Crippen LogP contribution in [-0.2, 0) is 4.79 Å². The van der Waals surface area contributed by atoms with Crippen LogP contribution in [0.5, 0.6) is 0 Å². The van der Waals surface area contributed by atoms with Gasteiger partial charge in [-0.05, 0) is 32.1 Å². The number of amidine groups is 1. The Kier molecular flexibility index (Phi) is 4.32. The summed E-state index contributed by atoms with van der Waals surface area (Å²) in [5, 5.41) is 11.9. The van der Waals surface area contributed by atoms with Crippen molar-refractivity contribution in [3.8, 4) is 0 Å². The van der Waals surface area contributed by atoms with Gasteiger partial charge in [0, 0.05) is 24.4 Å². The Morgan fingerprint density at radius 3 is 2.68 bits per heavy atom. The smallest absolute Gasteiger partial charge is 0.228 e. The van der Waals surface area contributed by atoms with Crippen molar-refractivity contribution >= 4 is 11.7 Å². The van der Waals surface area contributed by atoms with E-state index in [2.05, 4.69) is 12.1 Å². The zero-order valence-corrected chi connectivity index (χ0v) is 11.8. The predicted octanol–water partition coefficient (Wildman–Crippen LogP) is 1.94. The summed E-state index contributed by atoms with van der Waals surface area (Å²) in [5.74, 6) is 0.565. The molecule has 1 amide bonds. The first-order valence-electron chi connectivity index (χ1n) is 7.40. The summed E-state index contributed by atoms with van der Waals surface area (Å²) in [6.45, 7) is 3.54. The molecule has 2 fully saturated rings. The highest BCUT2D eigenvalue weighted by Crippen LogP contribution is 2.43. The van der Waals surface area contributed by atoms with Crippen LogP contribution in [-0.4, -0.2) is 34.9 Å². The van der Waals surface area contributed by atoms with Crippen molar-refractivity contribution in [1.29, 1.82) is 0 Å². The lowest BCUT2D eigenvalue weighted by atomic mass is 9.81. The molecule has 0 radical (unpaired) electrons. The van der Waals surface area contributed by atoms with E-state index in [1.165, 1.54) is 0 Å². The van der Waals surface area contributed by atoms with Crippen LogP contribution in [0.4, 0.5) is 0 Å². The fourth-order valence-corrected chi connectivity index (χ4v) is 3.59. The number of rotatable bonds is 3. The molecule has 5 heteroatoms. The molecule has 0 aromatic carbocycles. The molecule has 1 unspecified atom stereocenters. The summed E-state index contributed by atoms with van der Waals surface area (Å²) in [6.07, 6.45) is 7.14. The van der Waals surface area contributed by atoms with Crippen LogP contribution in [0.15, 0.2) is 5.16 Å². The summed E-state index contributed by atoms with van der Waals surface area (Å²) >= 11 is 0. The second kappa shape index (κ2) is 5.80. The summed E-state index contributed by atoms with van der Waals surface area (Å²) in [7, 11) is 0. The van der Waals surface area contributed by atoms with Crippen molar-refractivity contribution < 1.29 is 10.0 Å². The minimum Gasteiger partial charge on any atom is -0.409 e. The lowest BCUT2D eigenvalue weighted by molar-refractivity contribution is -0.143. The number of oxime groups is 1. The molecule has 1 atom stereocenters. The molecule has 5 nitrogen and oxygen atoms in total. The molecule has 1 aliphatic heterocycles.